The first kappa shape index (κ1) is 18.2. The van der Waals surface area contributed by atoms with E-state index in [0.717, 1.165) is 15.6 Å². The van der Waals surface area contributed by atoms with E-state index in [4.69, 9.17) is 4.74 Å². The molecular formula is C20H16BrFN2O2. The molecule has 0 aliphatic rings. The number of rotatable bonds is 5. The molecule has 0 aliphatic carbocycles. The fourth-order valence-electron chi connectivity index (χ4n) is 2.65. The normalized spacial score (nSPS) is 12.4. The van der Waals surface area contributed by atoms with Crippen LogP contribution in [-0.4, -0.2) is 30.3 Å². The third kappa shape index (κ3) is 4.14. The van der Waals surface area contributed by atoms with E-state index in [1.54, 1.807) is 6.21 Å². The van der Waals surface area contributed by atoms with Gasteiger partial charge in [0.05, 0.1) is 18.8 Å². The Kier molecular flexibility index (Phi) is 5.73. The van der Waals surface area contributed by atoms with E-state index in [9.17, 15) is 9.18 Å². The van der Waals surface area contributed by atoms with Crippen LogP contribution in [0.25, 0.3) is 10.9 Å². The Morgan fingerprint density at radius 3 is 2.81 bits per heavy atom. The van der Waals surface area contributed by atoms with Crippen LogP contribution in [0.4, 0.5) is 4.39 Å². The van der Waals surface area contributed by atoms with Gasteiger partial charge in [-0.15, -0.1) is 0 Å². The molecule has 26 heavy (non-hydrogen) atoms. The van der Waals surface area contributed by atoms with Gasteiger partial charge in [-0.2, -0.15) is 0 Å². The Balaban J connectivity index is 1.96. The number of benzene rings is 2. The van der Waals surface area contributed by atoms with Gasteiger partial charge in [0.15, 0.2) is 6.04 Å². The number of ether oxygens (including phenoxy) is 1. The van der Waals surface area contributed by atoms with E-state index in [-0.39, 0.29) is 6.42 Å². The highest BCUT2D eigenvalue weighted by Gasteiger charge is 2.20. The first-order chi connectivity index (χ1) is 12.6. The number of pyridine rings is 1. The molecule has 0 fully saturated rings. The van der Waals surface area contributed by atoms with Crippen molar-refractivity contribution in [1.82, 2.24) is 4.98 Å². The van der Waals surface area contributed by atoms with Crippen LogP contribution in [0, 0.1) is 5.82 Å². The molecule has 1 heterocycles. The maximum absolute atomic E-state index is 13.7. The van der Waals surface area contributed by atoms with Gasteiger partial charge in [0.25, 0.3) is 0 Å². The van der Waals surface area contributed by atoms with Gasteiger partial charge >= 0.3 is 5.97 Å². The van der Waals surface area contributed by atoms with Crippen molar-refractivity contribution in [3.05, 3.63) is 76.1 Å². The topological polar surface area (TPSA) is 51.5 Å². The van der Waals surface area contributed by atoms with Crippen LogP contribution in [0.15, 0.2) is 64.2 Å². The first-order valence-corrected chi connectivity index (χ1v) is 8.76. The monoisotopic (exact) mass is 414 g/mol. The van der Waals surface area contributed by atoms with Gasteiger partial charge in [0.2, 0.25) is 0 Å². The molecule has 0 radical (unpaired) electrons. The largest absolute Gasteiger partial charge is 0.467 e. The standard InChI is InChI=1S/C20H16BrFN2O2/c1-26-20(25)18(23-11-13-5-3-2-4-6-13)9-14-7-8-17(21)19-16(14)10-15(22)12-24-19/h2-8,10-12,18H,9H2,1H3/t18-/m0/s1. The van der Waals surface area contributed by atoms with Gasteiger partial charge < -0.3 is 4.74 Å². The molecule has 0 saturated carbocycles. The summed E-state index contributed by atoms with van der Waals surface area (Å²) in [6, 6.07) is 13.8. The minimum absolute atomic E-state index is 0.283. The number of esters is 1. The highest BCUT2D eigenvalue weighted by atomic mass is 79.9. The summed E-state index contributed by atoms with van der Waals surface area (Å²) in [5.74, 6) is -0.878. The first-order valence-electron chi connectivity index (χ1n) is 7.97. The van der Waals surface area contributed by atoms with Crippen LogP contribution in [0.3, 0.4) is 0 Å². The molecule has 0 saturated heterocycles. The number of methoxy groups -OCH3 is 1. The van der Waals surface area contributed by atoms with E-state index in [0.29, 0.717) is 10.9 Å². The molecule has 0 bridgehead atoms. The Hall–Kier alpha value is -2.60. The molecular weight excluding hydrogens is 399 g/mol. The van der Waals surface area contributed by atoms with Gasteiger partial charge in [-0.3, -0.25) is 9.98 Å². The van der Waals surface area contributed by atoms with Gasteiger partial charge in [0, 0.05) is 22.5 Å². The summed E-state index contributed by atoms with van der Waals surface area (Å²) in [6.45, 7) is 0. The second-order valence-electron chi connectivity index (χ2n) is 5.69. The average molecular weight is 415 g/mol. The fourth-order valence-corrected chi connectivity index (χ4v) is 3.10. The second kappa shape index (κ2) is 8.19. The molecule has 0 aliphatic heterocycles. The lowest BCUT2D eigenvalue weighted by Gasteiger charge is -2.13. The lowest BCUT2D eigenvalue weighted by molar-refractivity contribution is -0.142. The quantitative estimate of drug-likeness (QED) is 0.460. The Morgan fingerprint density at radius 2 is 2.08 bits per heavy atom. The van der Waals surface area contributed by atoms with Crippen molar-refractivity contribution < 1.29 is 13.9 Å². The van der Waals surface area contributed by atoms with Crippen molar-refractivity contribution in [2.45, 2.75) is 12.5 Å². The molecule has 3 aromatic rings. The van der Waals surface area contributed by atoms with Crippen molar-refractivity contribution >= 4 is 39.0 Å². The second-order valence-corrected chi connectivity index (χ2v) is 6.54. The fraction of sp³-hybridized carbons (Fsp3) is 0.150. The number of aliphatic imine (C=N–C) groups is 1. The average Bonchev–Trinajstić information content (AvgIpc) is 2.67. The van der Waals surface area contributed by atoms with Crippen molar-refractivity contribution in [1.29, 1.82) is 0 Å². The lowest BCUT2D eigenvalue weighted by Crippen LogP contribution is -2.23. The molecule has 132 valence electrons. The number of hydrogen-bond acceptors (Lipinski definition) is 4. The zero-order chi connectivity index (χ0) is 18.5. The summed E-state index contributed by atoms with van der Waals surface area (Å²) >= 11 is 3.42. The molecule has 1 atom stereocenters. The number of hydrogen-bond donors (Lipinski definition) is 0. The van der Waals surface area contributed by atoms with Crippen molar-refractivity contribution in [2.75, 3.05) is 7.11 Å². The van der Waals surface area contributed by atoms with E-state index in [1.165, 1.54) is 19.4 Å². The summed E-state index contributed by atoms with van der Waals surface area (Å²) in [6.07, 6.45) is 3.09. The van der Waals surface area contributed by atoms with Crippen LogP contribution < -0.4 is 0 Å². The summed E-state index contributed by atoms with van der Waals surface area (Å²) in [4.78, 5) is 20.7. The third-order valence-corrected chi connectivity index (χ3v) is 4.59. The summed E-state index contributed by atoms with van der Waals surface area (Å²) < 4.78 is 19.3. The highest BCUT2D eigenvalue weighted by molar-refractivity contribution is 9.10. The maximum Gasteiger partial charge on any atom is 0.330 e. The van der Waals surface area contributed by atoms with Gasteiger partial charge in [0.1, 0.15) is 5.82 Å². The zero-order valence-corrected chi connectivity index (χ0v) is 15.6. The summed E-state index contributed by atoms with van der Waals surface area (Å²) in [7, 11) is 1.33. The molecule has 2 aromatic carbocycles. The van der Waals surface area contributed by atoms with E-state index in [1.807, 2.05) is 42.5 Å². The molecule has 0 amide bonds. The lowest BCUT2D eigenvalue weighted by atomic mass is 10.0. The highest BCUT2D eigenvalue weighted by Crippen LogP contribution is 2.27. The van der Waals surface area contributed by atoms with Crippen LogP contribution >= 0.6 is 15.9 Å². The minimum Gasteiger partial charge on any atom is -0.467 e. The van der Waals surface area contributed by atoms with Crippen molar-refractivity contribution in [2.24, 2.45) is 4.99 Å². The summed E-state index contributed by atoms with van der Waals surface area (Å²) in [5, 5.41) is 0.642. The molecule has 3 rings (SSSR count). The van der Waals surface area contributed by atoms with Crippen LogP contribution in [0.2, 0.25) is 0 Å². The van der Waals surface area contributed by atoms with Crippen LogP contribution in [0.5, 0.6) is 0 Å². The zero-order valence-electron chi connectivity index (χ0n) is 14.0. The molecule has 0 unspecified atom stereocenters. The molecule has 6 heteroatoms. The molecule has 0 N–H and O–H groups in total. The number of nitrogens with zero attached hydrogens (tertiary/aromatic N) is 2. The summed E-state index contributed by atoms with van der Waals surface area (Å²) in [5.41, 5.74) is 2.30. The van der Waals surface area contributed by atoms with E-state index < -0.39 is 17.8 Å². The molecule has 1 aromatic heterocycles. The number of halogens is 2. The van der Waals surface area contributed by atoms with E-state index >= 15 is 0 Å². The van der Waals surface area contributed by atoms with Gasteiger partial charge in [-0.25, -0.2) is 9.18 Å². The molecule has 4 nitrogen and oxygen atoms in total. The Morgan fingerprint density at radius 1 is 1.31 bits per heavy atom. The third-order valence-electron chi connectivity index (χ3n) is 3.95. The van der Waals surface area contributed by atoms with Crippen LogP contribution in [-0.2, 0) is 16.0 Å². The predicted molar refractivity (Wildman–Crippen MR) is 103 cm³/mol. The smallest absolute Gasteiger partial charge is 0.330 e. The van der Waals surface area contributed by atoms with Gasteiger partial charge in [-0.1, -0.05) is 36.4 Å². The molecule has 0 spiro atoms. The van der Waals surface area contributed by atoms with Gasteiger partial charge in [-0.05, 0) is 39.2 Å². The predicted octanol–water partition coefficient (Wildman–Crippen LogP) is 4.34. The number of carbonyl (C=O) groups is 1. The number of carbonyl (C=O) groups excluding carboxylic acids is 1. The van der Waals surface area contributed by atoms with Crippen molar-refractivity contribution in [3.63, 3.8) is 0 Å². The van der Waals surface area contributed by atoms with E-state index in [2.05, 4.69) is 25.9 Å². The maximum atomic E-state index is 13.7. The Bertz CT molecular complexity index is 961. The minimum atomic E-state index is -0.729. The van der Waals surface area contributed by atoms with Crippen molar-refractivity contribution in [3.8, 4) is 0 Å². The Labute approximate surface area is 158 Å². The number of fused-ring (bicyclic) bond motifs is 1. The SMILES string of the molecule is COC(=O)[C@H](Cc1ccc(Br)c2ncc(F)cc12)N=Cc1ccccc1. The van der Waals surface area contributed by atoms with Crippen LogP contribution in [0.1, 0.15) is 11.1 Å². The number of aromatic nitrogens is 1.